The lowest BCUT2D eigenvalue weighted by atomic mass is 10.3. The third kappa shape index (κ3) is 4.90. The Balaban J connectivity index is 1.69. The van der Waals surface area contributed by atoms with Gasteiger partial charge in [-0.05, 0) is 24.2 Å². The van der Waals surface area contributed by atoms with Crippen molar-refractivity contribution in [2.75, 3.05) is 19.8 Å². The standard InChI is InChI=1S/C16H20N2O2/c1-2-17-12-14-8-9-16(18-13-14)20-11-10-19-15-6-4-3-5-7-15/h3-9,13,17H,2,10-12H2,1H3. The highest BCUT2D eigenvalue weighted by Gasteiger charge is 1.97. The molecule has 0 radical (unpaired) electrons. The molecule has 0 atom stereocenters. The molecule has 2 rings (SSSR count). The largest absolute Gasteiger partial charge is 0.490 e. The maximum atomic E-state index is 5.54. The molecule has 1 heterocycles. The number of benzene rings is 1. The first-order valence-electron chi connectivity index (χ1n) is 6.85. The second-order valence-electron chi connectivity index (χ2n) is 4.29. The van der Waals surface area contributed by atoms with Gasteiger partial charge in [0.1, 0.15) is 19.0 Å². The van der Waals surface area contributed by atoms with E-state index < -0.39 is 0 Å². The fourth-order valence-corrected chi connectivity index (χ4v) is 1.69. The lowest BCUT2D eigenvalue weighted by Gasteiger charge is -2.08. The Morgan fingerprint density at radius 1 is 1.00 bits per heavy atom. The third-order valence-electron chi connectivity index (χ3n) is 2.72. The SMILES string of the molecule is CCNCc1ccc(OCCOc2ccccc2)nc1. The van der Waals surface area contributed by atoms with E-state index in [0.29, 0.717) is 19.1 Å². The molecule has 0 aliphatic rings. The van der Waals surface area contributed by atoms with Crippen LogP contribution in [0.15, 0.2) is 48.7 Å². The van der Waals surface area contributed by atoms with E-state index in [2.05, 4.69) is 17.2 Å². The molecule has 20 heavy (non-hydrogen) atoms. The van der Waals surface area contributed by atoms with Gasteiger partial charge in [0.25, 0.3) is 0 Å². The molecule has 1 aromatic heterocycles. The van der Waals surface area contributed by atoms with Crippen molar-refractivity contribution in [1.82, 2.24) is 10.3 Å². The molecule has 1 N–H and O–H groups in total. The van der Waals surface area contributed by atoms with Crippen LogP contribution in [-0.2, 0) is 6.54 Å². The van der Waals surface area contributed by atoms with E-state index in [1.54, 1.807) is 0 Å². The highest BCUT2D eigenvalue weighted by molar-refractivity contribution is 5.21. The van der Waals surface area contributed by atoms with Crippen LogP contribution < -0.4 is 14.8 Å². The van der Waals surface area contributed by atoms with E-state index in [-0.39, 0.29) is 0 Å². The summed E-state index contributed by atoms with van der Waals surface area (Å²) in [4.78, 5) is 4.26. The minimum atomic E-state index is 0.481. The molecule has 1 aromatic carbocycles. The van der Waals surface area contributed by atoms with Crippen LogP contribution in [0.5, 0.6) is 11.6 Å². The van der Waals surface area contributed by atoms with Crippen molar-refractivity contribution in [3.05, 3.63) is 54.2 Å². The number of hydrogen-bond donors (Lipinski definition) is 1. The van der Waals surface area contributed by atoms with Gasteiger partial charge in [-0.1, -0.05) is 31.2 Å². The van der Waals surface area contributed by atoms with Crippen LogP contribution in [0.25, 0.3) is 0 Å². The van der Waals surface area contributed by atoms with Crippen molar-refractivity contribution in [2.24, 2.45) is 0 Å². The minimum Gasteiger partial charge on any atom is -0.490 e. The van der Waals surface area contributed by atoms with Crippen LogP contribution in [0, 0.1) is 0 Å². The summed E-state index contributed by atoms with van der Waals surface area (Å²) in [5.41, 5.74) is 1.15. The zero-order valence-corrected chi connectivity index (χ0v) is 11.7. The molecule has 0 unspecified atom stereocenters. The van der Waals surface area contributed by atoms with Crippen molar-refractivity contribution in [2.45, 2.75) is 13.5 Å². The van der Waals surface area contributed by atoms with E-state index in [1.807, 2.05) is 48.7 Å². The van der Waals surface area contributed by atoms with Crippen LogP contribution in [-0.4, -0.2) is 24.7 Å². The Morgan fingerprint density at radius 3 is 2.50 bits per heavy atom. The number of rotatable bonds is 8. The van der Waals surface area contributed by atoms with Gasteiger partial charge in [-0.15, -0.1) is 0 Å². The summed E-state index contributed by atoms with van der Waals surface area (Å²) in [5.74, 6) is 1.48. The van der Waals surface area contributed by atoms with E-state index in [1.165, 1.54) is 0 Å². The number of nitrogens with zero attached hydrogens (tertiary/aromatic N) is 1. The molecular weight excluding hydrogens is 252 g/mol. The second-order valence-corrected chi connectivity index (χ2v) is 4.29. The molecule has 4 nitrogen and oxygen atoms in total. The normalized spacial score (nSPS) is 10.2. The predicted octanol–water partition coefficient (Wildman–Crippen LogP) is 2.65. The summed E-state index contributed by atoms with van der Waals surface area (Å²) < 4.78 is 11.1. The van der Waals surface area contributed by atoms with Crippen LogP contribution in [0.4, 0.5) is 0 Å². The van der Waals surface area contributed by atoms with Gasteiger partial charge in [0.2, 0.25) is 5.88 Å². The fraction of sp³-hybridized carbons (Fsp3) is 0.312. The quantitative estimate of drug-likeness (QED) is 0.750. The predicted molar refractivity (Wildman–Crippen MR) is 79.0 cm³/mol. The first kappa shape index (κ1) is 14.3. The number of hydrogen-bond acceptors (Lipinski definition) is 4. The lowest BCUT2D eigenvalue weighted by Crippen LogP contribution is -2.12. The Bertz CT molecular complexity index is 486. The summed E-state index contributed by atoms with van der Waals surface area (Å²) in [6.45, 7) is 4.85. The van der Waals surface area contributed by atoms with Crippen molar-refractivity contribution in [3.63, 3.8) is 0 Å². The average Bonchev–Trinajstić information content (AvgIpc) is 2.52. The Kier molecular flexibility index (Phi) is 5.86. The molecular formula is C16H20N2O2. The molecule has 0 aliphatic heterocycles. The number of ether oxygens (including phenoxy) is 2. The molecule has 0 amide bonds. The van der Waals surface area contributed by atoms with Gasteiger partial charge >= 0.3 is 0 Å². The topological polar surface area (TPSA) is 43.4 Å². The highest BCUT2D eigenvalue weighted by Crippen LogP contribution is 2.09. The number of aromatic nitrogens is 1. The van der Waals surface area contributed by atoms with E-state index in [0.717, 1.165) is 24.4 Å². The highest BCUT2D eigenvalue weighted by atomic mass is 16.5. The summed E-state index contributed by atoms with van der Waals surface area (Å²) in [5, 5.41) is 3.25. The summed E-state index contributed by atoms with van der Waals surface area (Å²) in [6, 6.07) is 13.6. The van der Waals surface area contributed by atoms with Crippen molar-refractivity contribution in [3.8, 4) is 11.6 Å². The maximum Gasteiger partial charge on any atom is 0.213 e. The number of para-hydroxylation sites is 1. The van der Waals surface area contributed by atoms with Crippen LogP contribution in [0.2, 0.25) is 0 Å². The van der Waals surface area contributed by atoms with Gasteiger partial charge in [0.05, 0.1) is 0 Å². The molecule has 106 valence electrons. The molecule has 0 saturated carbocycles. The summed E-state index contributed by atoms with van der Waals surface area (Å²) >= 11 is 0. The van der Waals surface area contributed by atoms with E-state index in [4.69, 9.17) is 9.47 Å². The zero-order chi connectivity index (χ0) is 14.0. The van der Waals surface area contributed by atoms with Crippen LogP contribution >= 0.6 is 0 Å². The van der Waals surface area contributed by atoms with Gasteiger partial charge in [0, 0.05) is 18.8 Å². The monoisotopic (exact) mass is 272 g/mol. The molecule has 4 heteroatoms. The fourth-order valence-electron chi connectivity index (χ4n) is 1.69. The third-order valence-corrected chi connectivity index (χ3v) is 2.72. The smallest absolute Gasteiger partial charge is 0.213 e. The van der Waals surface area contributed by atoms with E-state index >= 15 is 0 Å². The van der Waals surface area contributed by atoms with Gasteiger partial charge < -0.3 is 14.8 Å². The number of nitrogens with one attached hydrogen (secondary N) is 1. The lowest BCUT2D eigenvalue weighted by molar-refractivity contribution is 0.212. The van der Waals surface area contributed by atoms with Crippen molar-refractivity contribution >= 4 is 0 Å². The van der Waals surface area contributed by atoms with Gasteiger partial charge in [-0.25, -0.2) is 4.98 Å². The van der Waals surface area contributed by atoms with Crippen LogP contribution in [0.1, 0.15) is 12.5 Å². The Labute approximate surface area is 119 Å². The average molecular weight is 272 g/mol. The van der Waals surface area contributed by atoms with E-state index in [9.17, 15) is 0 Å². The number of pyridine rings is 1. The van der Waals surface area contributed by atoms with Crippen LogP contribution in [0.3, 0.4) is 0 Å². The first-order valence-corrected chi connectivity index (χ1v) is 6.85. The molecule has 0 spiro atoms. The maximum absolute atomic E-state index is 5.54. The molecule has 0 bridgehead atoms. The molecule has 0 saturated heterocycles. The molecule has 0 aliphatic carbocycles. The molecule has 0 fully saturated rings. The Hall–Kier alpha value is -2.07. The zero-order valence-electron chi connectivity index (χ0n) is 11.7. The van der Waals surface area contributed by atoms with Gasteiger partial charge in [-0.3, -0.25) is 0 Å². The second kappa shape index (κ2) is 8.17. The van der Waals surface area contributed by atoms with Crippen molar-refractivity contribution < 1.29 is 9.47 Å². The summed E-state index contributed by atoms with van der Waals surface area (Å²) in [6.07, 6.45) is 1.83. The minimum absolute atomic E-state index is 0.481. The first-order chi connectivity index (χ1) is 9.88. The van der Waals surface area contributed by atoms with Gasteiger partial charge in [-0.2, -0.15) is 0 Å². The van der Waals surface area contributed by atoms with Gasteiger partial charge in [0.15, 0.2) is 0 Å². The van der Waals surface area contributed by atoms with Crippen molar-refractivity contribution in [1.29, 1.82) is 0 Å². The molecule has 2 aromatic rings. The Morgan fingerprint density at radius 2 is 1.80 bits per heavy atom. The summed E-state index contributed by atoms with van der Waals surface area (Å²) in [7, 11) is 0.